The zero-order valence-electron chi connectivity index (χ0n) is 11.1. The summed E-state index contributed by atoms with van der Waals surface area (Å²) in [6.07, 6.45) is 0. The van der Waals surface area contributed by atoms with Crippen LogP contribution in [0.4, 0.5) is 0 Å². The van der Waals surface area contributed by atoms with Crippen molar-refractivity contribution in [2.24, 2.45) is 0 Å². The van der Waals surface area contributed by atoms with Crippen LogP contribution in [0.2, 0.25) is 5.02 Å². The smallest absolute Gasteiger partial charge is 0.335 e. The van der Waals surface area contributed by atoms with Gasteiger partial charge >= 0.3 is 5.97 Å². The SMILES string of the molecule is COc1ccc(Cl)cc1-c1n[nH]c2cc(C(=O)O)ccc12. The van der Waals surface area contributed by atoms with E-state index in [0.717, 1.165) is 10.9 Å². The summed E-state index contributed by atoms with van der Waals surface area (Å²) in [6.45, 7) is 0. The fraction of sp³-hybridized carbons (Fsp3) is 0.0667. The van der Waals surface area contributed by atoms with Crippen molar-refractivity contribution < 1.29 is 14.6 Å². The maximum absolute atomic E-state index is 11.0. The number of methoxy groups -OCH3 is 1. The number of H-pyrrole nitrogens is 1. The first-order valence-electron chi connectivity index (χ1n) is 6.15. The lowest BCUT2D eigenvalue weighted by molar-refractivity contribution is 0.0697. The van der Waals surface area contributed by atoms with Crippen molar-refractivity contribution in [1.82, 2.24) is 10.2 Å². The number of carboxylic acids is 1. The Morgan fingerprint density at radius 3 is 2.81 bits per heavy atom. The van der Waals surface area contributed by atoms with Gasteiger partial charge in [-0.05, 0) is 36.4 Å². The number of benzene rings is 2. The minimum absolute atomic E-state index is 0.204. The molecule has 0 unspecified atom stereocenters. The van der Waals surface area contributed by atoms with Gasteiger partial charge in [-0.15, -0.1) is 0 Å². The average Bonchev–Trinajstić information content (AvgIpc) is 2.89. The van der Waals surface area contributed by atoms with Crippen LogP contribution in [0.15, 0.2) is 36.4 Å². The number of nitrogens with zero attached hydrogens (tertiary/aromatic N) is 1. The van der Waals surface area contributed by atoms with Crippen molar-refractivity contribution >= 4 is 28.5 Å². The zero-order chi connectivity index (χ0) is 15.0. The molecule has 0 aliphatic carbocycles. The van der Waals surface area contributed by atoms with Crippen LogP contribution >= 0.6 is 11.6 Å². The molecular weight excluding hydrogens is 292 g/mol. The molecule has 0 aliphatic heterocycles. The van der Waals surface area contributed by atoms with E-state index in [2.05, 4.69) is 10.2 Å². The number of fused-ring (bicyclic) bond motifs is 1. The Morgan fingerprint density at radius 1 is 1.29 bits per heavy atom. The van der Waals surface area contributed by atoms with Gasteiger partial charge in [-0.25, -0.2) is 4.79 Å². The van der Waals surface area contributed by atoms with Crippen LogP contribution in [0, 0.1) is 0 Å². The molecule has 0 atom stereocenters. The molecule has 106 valence electrons. The molecule has 0 spiro atoms. The second-order valence-electron chi connectivity index (χ2n) is 4.48. The van der Waals surface area contributed by atoms with Gasteiger partial charge in [-0.1, -0.05) is 11.6 Å². The second-order valence-corrected chi connectivity index (χ2v) is 4.92. The molecule has 0 bridgehead atoms. The Morgan fingerprint density at radius 2 is 2.10 bits per heavy atom. The van der Waals surface area contributed by atoms with Gasteiger partial charge < -0.3 is 9.84 Å². The number of carbonyl (C=O) groups is 1. The summed E-state index contributed by atoms with van der Waals surface area (Å²) >= 11 is 6.04. The summed E-state index contributed by atoms with van der Waals surface area (Å²) in [6, 6.07) is 10.1. The lowest BCUT2D eigenvalue weighted by atomic mass is 10.1. The highest BCUT2D eigenvalue weighted by Gasteiger charge is 2.15. The van der Waals surface area contributed by atoms with Gasteiger partial charge in [0, 0.05) is 16.0 Å². The van der Waals surface area contributed by atoms with Crippen LogP contribution in [0.3, 0.4) is 0 Å². The molecule has 1 heterocycles. The molecule has 0 amide bonds. The molecule has 2 aromatic carbocycles. The van der Waals surface area contributed by atoms with E-state index >= 15 is 0 Å². The minimum atomic E-state index is -0.978. The number of rotatable bonds is 3. The van der Waals surface area contributed by atoms with Crippen molar-refractivity contribution in [2.75, 3.05) is 7.11 Å². The van der Waals surface area contributed by atoms with Crippen molar-refractivity contribution in [1.29, 1.82) is 0 Å². The quantitative estimate of drug-likeness (QED) is 0.775. The standard InChI is InChI=1S/C15H11ClN2O3/c1-21-13-5-3-9(16)7-11(13)14-10-4-2-8(15(19)20)6-12(10)17-18-14/h2-7H,1H3,(H,17,18)(H,19,20). The lowest BCUT2D eigenvalue weighted by Gasteiger charge is -2.07. The Balaban J connectivity index is 2.22. The fourth-order valence-corrected chi connectivity index (χ4v) is 2.40. The van der Waals surface area contributed by atoms with E-state index in [-0.39, 0.29) is 5.56 Å². The van der Waals surface area contributed by atoms with Crippen molar-refractivity contribution in [3.05, 3.63) is 47.0 Å². The number of aromatic amines is 1. The second kappa shape index (κ2) is 5.10. The largest absolute Gasteiger partial charge is 0.496 e. The first-order valence-corrected chi connectivity index (χ1v) is 6.53. The maximum atomic E-state index is 11.0. The van der Waals surface area contributed by atoms with E-state index in [1.165, 1.54) is 0 Å². The van der Waals surface area contributed by atoms with Crippen LogP contribution in [-0.2, 0) is 0 Å². The predicted octanol–water partition coefficient (Wildman–Crippen LogP) is 3.59. The number of halogens is 1. The summed E-state index contributed by atoms with van der Waals surface area (Å²) in [5.41, 5.74) is 2.27. The van der Waals surface area contributed by atoms with Crippen LogP contribution in [0.1, 0.15) is 10.4 Å². The van der Waals surface area contributed by atoms with Gasteiger partial charge in [0.15, 0.2) is 0 Å². The fourth-order valence-electron chi connectivity index (χ4n) is 2.22. The molecule has 0 radical (unpaired) electrons. The van der Waals surface area contributed by atoms with Crippen LogP contribution in [0.25, 0.3) is 22.2 Å². The van der Waals surface area contributed by atoms with E-state index in [9.17, 15) is 4.79 Å². The first kappa shape index (κ1) is 13.5. The normalized spacial score (nSPS) is 10.8. The lowest BCUT2D eigenvalue weighted by Crippen LogP contribution is -1.94. The van der Waals surface area contributed by atoms with Crippen LogP contribution in [-0.4, -0.2) is 28.4 Å². The molecule has 0 fully saturated rings. The highest BCUT2D eigenvalue weighted by molar-refractivity contribution is 6.31. The monoisotopic (exact) mass is 302 g/mol. The molecule has 0 aliphatic rings. The third-order valence-electron chi connectivity index (χ3n) is 3.23. The number of aromatic carboxylic acids is 1. The third kappa shape index (κ3) is 2.32. The van der Waals surface area contributed by atoms with Gasteiger partial charge in [0.25, 0.3) is 0 Å². The molecular formula is C15H11ClN2O3. The molecule has 2 N–H and O–H groups in total. The number of aromatic nitrogens is 2. The summed E-state index contributed by atoms with van der Waals surface area (Å²) in [4.78, 5) is 11.0. The van der Waals surface area contributed by atoms with Crippen LogP contribution < -0.4 is 4.74 Å². The number of ether oxygens (including phenoxy) is 1. The maximum Gasteiger partial charge on any atom is 0.335 e. The first-order chi connectivity index (χ1) is 10.1. The van der Waals surface area contributed by atoms with Crippen molar-refractivity contribution in [3.63, 3.8) is 0 Å². The third-order valence-corrected chi connectivity index (χ3v) is 3.46. The Kier molecular flexibility index (Phi) is 3.27. The van der Waals surface area contributed by atoms with E-state index in [0.29, 0.717) is 22.0 Å². The van der Waals surface area contributed by atoms with E-state index in [1.54, 1.807) is 43.5 Å². The summed E-state index contributed by atoms with van der Waals surface area (Å²) in [7, 11) is 1.57. The molecule has 21 heavy (non-hydrogen) atoms. The molecule has 6 heteroatoms. The number of hydrogen-bond acceptors (Lipinski definition) is 3. The van der Waals surface area contributed by atoms with Gasteiger partial charge in [0.1, 0.15) is 11.4 Å². The van der Waals surface area contributed by atoms with Crippen LogP contribution in [0.5, 0.6) is 5.75 Å². The Hall–Kier alpha value is -2.53. The summed E-state index contributed by atoms with van der Waals surface area (Å²) in [5.74, 6) is -0.330. The van der Waals surface area contributed by atoms with Crippen molar-refractivity contribution in [3.8, 4) is 17.0 Å². The van der Waals surface area contributed by atoms with Gasteiger partial charge in [-0.3, -0.25) is 5.10 Å². The molecule has 1 aromatic heterocycles. The Bertz CT molecular complexity index is 842. The Labute approximate surface area is 125 Å². The molecule has 5 nitrogen and oxygen atoms in total. The van der Waals surface area contributed by atoms with Gasteiger partial charge in [0.2, 0.25) is 0 Å². The average molecular weight is 303 g/mol. The van der Waals surface area contributed by atoms with E-state index < -0.39 is 5.97 Å². The summed E-state index contributed by atoms with van der Waals surface area (Å²) < 4.78 is 5.33. The molecule has 3 aromatic rings. The highest BCUT2D eigenvalue weighted by Crippen LogP contribution is 2.35. The van der Waals surface area contributed by atoms with Gasteiger partial charge in [-0.2, -0.15) is 5.10 Å². The number of hydrogen-bond donors (Lipinski definition) is 2. The van der Waals surface area contributed by atoms with E-state index in [1.807, 2.05) is 0 Å². The van der Waals surface area contributed by atoms with Crippen molar-refractivity contribution in [2.45, 2.75) is 0 Å². The minimum Gasteiger partial charge on any atom is -0.496 e. The highest BCUT2D eigenvalue weighted by atomic mass is 35.5. The van der Waals surface area contributed by atoms with E-state index in [4.69, 9.17) is 21.4 Å². The number of nitrogens with one attached hydrogen (secondary N) is 1. The van der Waals surface area contributed by atoms with Gasteiger partial charge in [0.05, 0.1) is 18.2 Å². The topological polar surface area (TPSA) is 75.2 Å². The zero-order valence-corrected chi connectivity index (χ0v) is 11.8. The summed E-state index contributed by atoms with van der Waals surface area (Å²) in [5, 5.41) is 17.5. The number of carboxylic acid groups (broad SMARTS) is 1. The predicted molar refractivity (Wildman–Crippen MR) is 80.1 cm³/mol. The molecule has 0 saturated heterocycles. The molecule has 3 rings (SSSR count). The molecule has 0 saturated carbocycles.